The Morgan fingerprint density at radius 1 is 1.25 bits per heavy atom. The number of piperazine rings is 1. The second-order valence-electron chi connectivity index (χ2n) is 8.57. The van der Waals surface area contributed by atoms with Crippen molar-refractivity contribution >= 4 is 23.2 Å². The third-order valence-electron chi connectivity index (χ3n) is 6.47. The van der Waals surface area contributed by atoms with Gasteiger partial charge in [0.05, 0.1) is 18.0 Å². The van der Waals surface area contributed by atoms with Gasteiger partial charge in [-0.2, -0.15) is 5.26 Å². The molecule has 5 rings (SSSR count). The standard InChI is InChI=1S/C21H26ClFN4O/c22-15-6-16(23)8-17(7-15)25-20(28)12-26-10-18-9-19(11-26)27(18)14-21(13-24)4-2-1-3-5-21/h6-8,18-19H,1-5,9-12,14H2,(H,25,28). The van der Waals surface area contributed by atoms with E-state index in [0.29, 0.717) is 24.3 Å². The molecule has 3 heterocycles. The first-order valence-corrected chi connectivity index (χ1v) is 10.5. The summed E-state index contributed by atoms with van der Waals surface area (Å²) in [5, 5.41) is 12.7. The molecule has 28 heavy (non-hydrogen) atoms. The van der Waals surface area contributed by atoms with Gasteiger partial charge in [0.1, 0.15) is 5.82 Å². The highest BCUT2D eigenvalue weighted by Crippen LogP contribution is 2.41. The first-order chi connectivity index (χ1) is 13.5. The molecule has 4 aliphatic rings. The fraction of sp³-hybridized carbons (Fsp3) is 0.619. The third kappa shape index (κ3) is 4.17. The van der Waals surface area contributed by atoms with E-state index in [9.17, 15) is 14.4 Å². The molecule has 1 aliphatic carbocycles. The third-order valence-corrected chi connectivity index (χ3v) is 6.68. The van der Waals surface area contributed by atoms with Crippen LogP contribution in [0.5, 0.6) is 0 Å². The van der Waals surface area contributed by atoms with E-state index in [1.54, 1.807) is 6.07 Å². The molecule has 7 heteroatoms. The SMILES string of the molecule is N#CC1(CN2C3CC2CN(CC(=O)Nc2cc(F)cc(Cl)c2)C3)CCCCC1. The molecule has 0 aromatic heterocycles. The van der Waals surface area contributed by atoms with E-state index in [2.05, 4.69) is 21.2 Å². The van der Waals surface area contributed by atoms with E-state index in [0.717, 1.165) is 51.7 Å². The fourth-order valence-electron chi connectivity index (χ4n) is 5.07. The Balaban J connectivity index is 1.29. The number of carbonyl (C=O) groups excluding carboxylic acids is 1. The number of hydrogen-bond donors (Lipinski definition) is 1. The van der Waals surface area contributed by atoms with Gasteiger partial charge in [-0.1, -0.05) is 30.9 Å². The lowest BCUT2D eigenvalue weighted by Crippen LogP contribution is -2.70. The summed E-state index contributed by atoms with van der Waals surface area (Å²) >= 11 is 5.84. The molecule has 0 spiro atoms. The van der Waals surface area contributed by atoms with Crippen molar-refractivity contribution in [3.05, 3.63) is 29.0 Å². The zero-order valence-electron chi connectivity index (χ0n) is 16.0. The van der Waals surface area contributed by atoms with Crippen LogP contribution in [0.1, 0.15) is 38.5 Å². The smallest absolute Gasteiger partial charge is 0.238 e. The van der Waals surface area contributed by atoms with Gasteiger partial charge in [-0.3, -0.25) is 14.6 Å². The van der Waals surface area contributed by atoms with Gasteiger partial charge < -0.3 is 5.32 Å². The number of rotatable bonds is 5. The fourth-order valence-corrected chi connectivity index (χ4v) is 5.30. The van der Waals surface area contributed by atoms with Gasteiger partial charge in [0.15, 0.2) is 0 Å². The van der Waals surface area contributed by atoms with Gasteiger partial charge >= 0.3 is 0 Å². The number of nitrogens with zero attached hydrogens (tertiary/aromatic N) is 3. The molecule has 2 atom stereocenters. The van der Waals surface area contributed by atoms with Crippen LogP contribution in [0.4, 0.5) is 10.1 Å². The van der Waals surface area contributed by atoms with Crippen LogP contribution >= 0.6 is 11.6 Å². The van der Waals surface area contributed by atoms with Gasteiger partial charge in [-0.25, -0.2) is 4.39 Å². The van der Waals surface area contributed by atoms with Crippen LogP contribution in [0.2, 0.25) is 5.02 Å². The van der Waals surface area contributed by atoms with E-state index in [4.69, 9.17) is 11.6 Å². The summed E-state index contributed by atoms with van der Waals surface area (Å²) in [5.74, 6) is -0.623. The number of nitriles is 1. The number of carbonyl (C=O) groups is 1. The summed E-state index contributed by atoms with van der Waals surface area (Å²) in [6, 6.07) is 7.52. The second kappa shape index (κ2) is 7.98. The minimum Gasteiger partial charge on any atom is -0.325 e. The predicted molar refractivity (Wildman–Crippen MR) is 107 cm³/mol. The highest BCUT2D eigenvalue weighted by Gasteiger charge is 2.48. The van der Waals surface area contributed by atoms with Crippen molar-refractivity contribution in [1.82, 2.24) is 9.80 Å². The maximum Gasteiger partial charge on any atom is 0.238 e. The van der Waals surface area contributed by atoms with Gasteiger partial charge in [0, 0.05) is 42.4 Å². The molecule has 4 fully saturated rings. The molecule has 2 unspecified atom stereocenters. The minimum absolute atomic E-state index is 0.157. The normalized spacial score (nSPS) is 26.9. The average molecular weight is 405 g/mol. The van der Waals surface area contributed by atoms with Crippen molar-refractivity contribution in [2.45, 2.75) is 50.6 Å². The number of anilines is 1. The molecule has 1 aromatic rings. The van der Waals surface area contributed by atoms with Crippen molar-refractivity contribution < 1.29 is 9.18 Å². The van der Waals surface area contributed by atoms with Crippen LogP contribution in [0, 0.1) is 22.6 Å². The Labute approximate surface area is 170 Å². The van der Waals surface area contributed by atoms with Crippen molar-refractivity contribution in [2.24, 2.45) is 5.41 Å². The van der Waals surface area contributed by atoms with E-state index < -0.39 is 5.82 Å². The Bertz CT molecular complexity index is 757. The van der Waals surface area contributed by atoms with Crippen LogP contribution in [0.3, 0.4) is 0 Å². The summed E-state index contributed by atoms with van der Waals surface area (Å²) in [7, 11) is 0. The van der Waals surface area contributed by atoms with Crippen molar-refractivity contribution in [1.29, 1.82) is 5.26 Å². The molecule has 1 aromatic carbocycles. The number of nitrogens with one attached hydrogen (secondary N) is 1. The Kier molecular flexibility index (Phi) is 5.59. The summed E-state index contributed by atoms with van der Waals surface area (Å²) in [4.78, 5) is 17.0. The molecule has 1 amide bonds. The molecular weight excluding hydrogens is 379 g/mol. The van der Waals surface area contributed by atoms with E-state index >= 15 is 0 Å². The van der Waals surface area contributed by atoms with E-state index in [1.807, 2.05) is 0 Å². The van der Waals surface area contributed by atoms with Crippen molar-refractivity contribution in [3.8, 4) is 6.07 Å². The predicted octanol–water partition coefficient (Wildman–Crippen LogP) is 3.65. The number of benzene rings is 1. The molecule has 2 bridgehead atoms. The zero-order valence-corrected chi connectivity index (χ0v) is 16.7. The van der Waals surface area contributed by atoms with Gasteiger partial charge in [0.2, 0.25) is 5.91 Å². The van der Waals surface area contributed by atoms with Crippen LogP contribution in [0.15, 0.2) is 18.2 Å². The Morgan fingerprint density at radius 3 is 2.61 bits per heavy atom. The number of halogens is 2. The zero-order chi connectivity index (χ0) is 19.7. The van der Waals surface area contributed by atoms with Crippen LogP contribution in [-0.2, 0) is 4.79 Å². The average Bonchev–Trinajstić information content (AvgIpc) is 2.66. The van der Waals surface area contributed by atoms with Crippen molar-refractivity contribution in [3.63, 3.8) is 0 Å². The summed E-state index contributed by atoms with van der Waals surface area (Å²) < 4.78 is 13.4. The minimum atomic E-state index is -0.466. The lowest BCUT2D eigenvalue weighted by Gasteiger charge is -2.58. The maximum absolute atomic E-state index is 13.4. The summed E-state index contributed by atoms with van der Waals surface area (Å²) in [6.45, 7) is 2.85. The molecule has 3 aliphatic heterocycles. The monoisotopic (exact) mass is 404 g/mol. The first-order valence-electron chi connectivity index (χ1n) is 10.1. The first kappa shape index (κ1) is 19.6. The largest absolute Gasteiger partial charge is 0.325 e. The lowest BCUT2D eigenvalue weighted by atomic mass is 9.73. The number of hydrogen-bond acceptors (Lipinski definition) is 4. The topological polar surface area (TPSA) is 59.4 Å². The molecule has 1 saturated carbocycles. The molecule has 3 saturated heterocycles. The Hall–Kier alpha value is -1.68. The second-order valence-corrected chi connectivity index (χ2v) is 9.01. The summed E-state index contributed by atoms with van der Waals surface area (Å²) in [5.41, 5.74) is 0.206. The Morgan fingerprint density at radius 2 is 1.96 bits per heavy atom. The molecule has 150 valence electrons. The van der Waals surface area contributed by atoms with Crippen molar-refractivity contribution in [2.75, 3.05) is 31.5 Å². The highest BCUT2D eigenvalue weighted by molar-refractivity contribution is 6.30. The lowest BCUT2D eigenvalue weighted by molar-refractivity contribution is -0.123. The highest BCUT2D eigenvalue weighted by atomic mass is 35.5. The van der Waals surface area contributed by atoms with Gasteiger partial charge in [-0.15, -0.1) is 0 Å². The number of fused-ring (bicyclic) bond motifs is 2. The van der Waals surface area contributed by atoms with E-state index in [-0.39, 0.29) is 16.3 Å². The maximum atomic E-state index is 13.4. The summed E-state index contributed by atoms with van der Waals surface area (Å²) in [6.07, 6.45) is 6.75. The molecule has 5 nitrogen and oxygen atoms in total. The van der Waals surface area contributed by atoms with Gasteiger partial charge in [-0.05, 0) is 37.5 Å². The van der Waals surface area contributed by atoms with Crippen LogP contribution in [0.25, 0.3) is 0 Å². The van der Waals surface area contributed by atoms with Crippen LogP contribution in [-0.4, -0.2) is 54.0 Å². The molecule has 1 N–H and O–H groups in total. The number of amides is 1. The molecule has 0 radical (unpaired) electrons. The number of piperidine rings is 1. The van der Waals surface area contributed by atoms with Crippen LogP contribution < -0.4 is 5.32 Å². The van der Waals surface area contributed by atoms with Gasteiger partial charge in [0.25, 0.3) is 0 Å². The molecular formula is C21H26ClFN4O. The van der Waals surface area contributed by atoms with E-state index in [1.165, 1.54) is 18.6 Å². The quantitative estimate of drug-likeness (QED) is 0.813.